The van der Waals surface area contributed by atoms with Crippen LogP contribution in [0.4, 0.5) is 4.39 Å². The van der Waals surface area contributed by atoms with E-state index in [2.05, 4.69) is 21.4 Å². The molecule has 2 heterocycles. The van der Waals surface area contributed by atoms with Crippen LogP contribution in [0.5, 0.6) is 0 Å². The Morgan fingerprint density at radius 2 is 2.16 bits per heavy atom. The fourth-order valence-electron chi connectivity index (χ4n) is 1.98. The van der Waals surface area contributed by atoms with E-state index in [4.69, 9.17) is 10.3 Å². The van der Waals surface area contributed by atoms with Gasteiger partial charge in [0.05, 0.1) is 10.7 Å². The van der Waals surface area contributed by atoms with Gasteiger partial charge in [-0.3, -0.25) is 5.84 Å². The van der Waals surface area contributed by atoms with E-state index in [-0.39, 0.29) is 11.9 Å². The van der Waals surface area contributed by atoms with Gasteiger partial charge in [-0.05, 0) is 51.6 Å². The smallest absolute Gasteiger partial charge is 0.141 e. The Labute approximate surface area is 121 Å². The van der Waals surface area contributed by atoms with Crippen molar-refractivity contribution < 1.29 is 8.81 Å². The van der Waals surface area contributed by atoms with Crippen LogP contribution < -0.4 is 11.3 Å². The Balaban J connectivity index is 2.09. The Kier molecular flexibility index (Phi) is 3.40. The summed E-state index contributed by atoms with van der Waals surface area (Å²) in [4.78, 5) is 0.971. The molecule has 0 saturated carbocycles. The molecule has 0 radical (unpaired) electrons. The SMILES string of the molecule is NNC(c1cc2cc(F)ccc2s1)c1occc1Br. The highest BCUT2D eigenvalue weighted by atomic mass is 79.9. The molecule has 0 saturated heterocycles. The molecule has 0 aliphatic rings. The highest BCUT2D eigenvalue weighted by Crippen LogP contribution is 2.36. The maximum atomic E-state index is 13.2. The van der Waals surface area contributed by atoms with E-state index < -0.39 is 0 Å². The normalized spacial score (nSPS) is 13.0. The minimum atomic E-state index is -0.259. The molecule has 19 heavy (non-hydrogen) atoms. The predicted octanol–water partition coefficient (Wildman–Crippen LogP) is 3.95. The molecule has 0 aliphatic carbocycles. The number of hydrogen-bond donors (Lipinski definition) is 2. The fourth-order valence-corrected chi connectivity index (χ4v) is 3.51. The number of hydrogen-bond acceptors (Lipinski definition) is 4. The third kappa shape index (κ3) is 2.32. The van der Waals surface area contributed by atoms with Crippen LogP contribution in [0.15, 0.2) is 45.5 Å². The first-order chi connectivity index (χ1) is 9.19. The second-order valence-corrected chi connectivity index (χ2v) is 6.03. The number of furan rings is 1. The molecule has 0 fully saturated rings. The molecule has 98 valence electrons. The molecule has 1 atom stereocenters. The van der Waals surface area contributed by atoms with E-state index in [1.165, 1.54) is 12.1 Å². The summed E-state index contributed by atoms with van der Waals surface area (Å²) in [5, 5.41) is 0.864. The second kappa shape index (κ2) is 5.05. The first-order valence-corrected chi connectivity index (χ1v) is 7.18. The zero-order valence-electron chi connectivity index (χ0n) is 9.69. The molecule has 0 bridgehead atoms. The first-order valence-electron chi connectivity index (χ1n) is 5.57. The van der Waals surface area contributed by atoms with Gasteiger partial charge in [-0.1, -0.05) is 0 Å². The van der Waals surface area contributed by atoms with E-state index in [1.54, 1.807) is 23.7 Å². The second-order valence-electron chi connectivity index (χ2n) is 4.06. The van der Waals surface area contributed by atoms with E-state index in [9.17, 15) is 4.39 Å². The zero-order chi connectivity index (χ0) is 13.4. The molecule has 3 aromatic rings. The Morgan fingerprint density at radius 3 is 2.84 bits per heavy atom. The molecule has 2 aromatic heterocycles. The lowest BCUT2D eigenvalue weighted by Gasteiger charge is -2.11. The van der Waals surface area contributed by atoms with Crippen molar-refractivity contribution in [2.24, 2.45) is 5.84 Å². The maximum Gasteiger partial charge on any atom is 0.141 e. The first kappa shape index (κ1) is 12.8. The van der Waals surface area contributed by atoms with Crippen LogP contribution in [0.25, 0.3) is 10.1 Å². The summed E-state index contributed by atoms with van der Waals surface area (Å²) in [5.41, 5.74) is 2.73. The van der Waals surface area contributed by atoms with E-state index in [0.717, 1.165) is 19.4 Å². The van der Waals surface area contributed by atoms with Crippen LogP contribution in [-0.4, -0.2) is 0 Å². The zero-order valence-corrected chi connectivity index (χ0v) is 12.1. The van der Waals surface area contributed by atoms with Crippen LogP contribution in [0.1, 0.15) is 16.7 Å². The van der Waals surface area contributed by atoms with Gasteiger partial charge in [0.1, 0.15) is 17.6 Å². The molecule has 6 heteroatoms. The number of fused-ring (bicyclic) bond motifs is 1. The average Bonchev–Trinajstić information content (AvgIpc) is 2.97. The van der Waals surface area contributed by atoms with Gasteiger partial charge < -0.3 is 4.42 Å². The van der Waals surface area contributed by atoms with Crippen LogP contribution in [0.3, 0.4) is 0 Å². The molecular formula is C13H10BrFN2OS. The summed E-state index contributed by atoms with van der Waals surface area (Å²) >= 11 is 4.97. The average molecular weight is 341 g/mol. The summed E-state index contributed by atoms with van der Waals surface area (Å²) in [6, 6.07) is 8.21. The number of thiophene rings is 1. The van der Waals surface area contributed by atoms with E-state index in [0.29, 0.717) is 5.76 Å². The van der Waals surface area contributed by atoms with Gasteiger partial charge in [-0.2, -0.15) is 0 Å². The van der Waals surface area contributed by atoms with Crippen molar-refractivity contribution in [3.05, 3.63) is 57.5 Å². The molecule has 0 spiro atoms. The number of hydrazine groups is 1. The topological polar surface area (TPSA) is 51.2 Å². The summed E-state index contributed by atoms with van der Waals surface area (Å²) in [7, 11) is 0. The van der Waals surface area contributed by atoms with Gasteiger partial charge in [-0.15, -0.1) is 11.3 Å². The molecule has 3 rings (SSSR count). The molecule has 3 nitrogen and oxygen atoms in total. The van der Waals surface area contributed by atoms with Crippen LogP contribution in [-0.2, 0) is 0 Å². The van der Waals surface area contributed by atoms with Crippen molar-refractivity contribution in [2.75, 3.05) is 0 Å². The van der Waals surface area contributed by atoms with Crippen molar-refractivity contribution >= 4 is 37.4 Å². The number of nitrogens with two attached hydrogens (primary N) is 1. The fraction of sp³-hybridized carbons (Fsp3) is 0.0769. The minimum Gasteiger partial charge on any atom is -0.466 e. The maximum absolute atomic E-state index is 13.2. The lowest BCUT2D eigenvalue weighted by atomic mass is 10.1. The third-order valence-corrected chi connectivity index (χ3v) is 4.69. The largest absolute Gasteiger partial charge is 0.466 e. The Morgan fingerprint density at radius 1 is 1.32 bits per heavy atom. The molecule has 0 aliphatic heterocycles. The van der Waals surface area contributed by atoms with Gasteiger partial charge in [0.2, 0.25) is 0 Å². The van der Waals surface area contributed by atoms with Crippen LogP contribution >= 0.6 is 27.3 Å². The number of nitrogens with one attached hydrogen (secondary N) is 1. The minimum absolute atomic E-state index is 0.242. The van der Waals surface area contributed by atoms with Crippen molar-refractivity contribution in [3.8, 4) is 0 Å². The number of rotatable bonds is 3. The van der Waals surface area contributed by atoms with Gasteiger partial charge >= 0.3 is 0 Å². The summed E-state index contributed by atoms with van der Waals surface area (Å²) in [6.07, 6.45) is 1.59. The summed E-state index contributed by atoms with van der Waals surface area (Å²) < 4.78 is 20.5. The van der Waals surface area contributed by atoms with Gasteiger partial charge in [0, 0.05) is 9.58 Å². The Hall–Kier alpha value is -1.21. The molecule has 3 N–H and O–H groups in total. The van der Waals surface area contributed by atoms with Crippen molar-refractivity contribution in [1.82, 2.24) is 5.43 Å². The number of halogens is 2. The van der Waals surface area contributed by atoms with Gasteiger partial charge in [0.25, 0.3) is 0 Å². The molecule has 1 aromatic carbocycles. The van der Waals surface area contributed by atoms with Crippen LogP contribution in [0, 0.1) is 5.82 Å². The monoisotopic (exact) mass is 340 g/mol. The highest BCUT2D eigenvalue weighted by Gasteiger charge is 2.21. The standard InChI is InChI=1S/C13H10BrFN2OS/c14-9-3-4-18-13(9)12(17-16)11-6-7-5-8(15)1-2-10(7)19-11/h1-6,12,17H,16H2. The van der Waals surface area contributed by atoms with E-state index in [1.807, 2.05) is 12.1 Å². The third-order valence-electron chi connectivity index (χ3n) is 2.86. The van der Waals surface area contributed by atoms with Crippen molar-refractivity contribution in [2.45, 2.75) is 6.04 Å². The summed E-state index contributed by atoms with van der Waals surface area (Å²) in [5.74, 6) is 6.08. The predicted molar refractivity (Wildman–Crippen MR) is 77.4 cm³/mol. The number of benzene rings is 1. The van der Waals surface area contributed by atoms with Gasteiger partial charge in [0.15, 0.2) is 0 Å². The van der Waals surface area contributed by atoms with Crippen LogP contribution in [0.2, 0.25) is 0 Å². The summed E-state index contributed by atoms with van der Waals surface area (Å²) in [6.45, 7) is 0. The van der Waals surface area contributed by atoms with Crippen molar-refractivity contribution in [1.29, 1.82) is 0 Å². The molecule has 0 amide bonds. The molecule has 1 unspecified atom stereocenters. The van der Waals surface area contributed by atoms with E-state index >= 15 is 0 Å². The van der Waals surface area contributed by atoms with Crippen molar-refractivity contribution in [3.63, 3.8) is 0 Å². The molecular weight excluding hydrogens is 331 g/mol. The highest BCUT2D eigenvalue weighted by molar-refractivity contribution is 9.10. The van der Waals surface area contributed by atoms with Gasteiger partial charge in [-0.25, -0.2) is 9.82 Å². The quantitative estimate of drug-likeness (QED) is 0.560. The lowest BCUT2D eigenvalue weighted by molar-refractivity contribution is 0.453. The Bertz CT molecular complexity index is 724. The lowest BCUT2D eigenvalue weighted by Crippen LogP contribution is -2.28.